The quantitative estimate of drug-likeness (QED) is 0.773. The fraction of sp³-hybridized carbons (Fsp3) is 0.545. The Balaban J connectivity index is 0.000000671. The highest BCUT2D eigenvalue weighted by Crippen LogP contribution is 2.13. The zero-order chi connectivity index (χ0) is 10.1. The number of aryl methyl sites for hydroxylation is 1. The van der Waals surface area contributed by atoms with E-state index in [9.17, 15) is 0 Å². The lowest BCUT2D eigenvalue weighted by Crippen LogP contribution is -1.95. The average Bonchev–Trinajstić information content (AvgIpc) is 2.22. The van der Waals surface area contributed by atoms with Crippen molar-refractivity contribution >= 4 is 5.69 Å². The molecule has 2 heteroatoms. The first-order chi connectivity index (χ1) is 6.38. The summed E-state index contributed by atoms with van der Waals surface area (Å²) in [7, 11) is 1.93. The van der Waals surface area contributed by atoms with Crippen LogP contribution in [0.4, 0.5) is 5.69 Å². The second-order valence-corrected chi connectivity index (χ2v) is 2.53. The number of pyridine rings is 1. The zero-order valence-electron chi connectivity index (χ0n) is 9.09. The van der Waals surface area contributed by atoms with Crippen molar-refractivity contribution in [3.05, 3.63) is 24.0 Å². The predicted octanol–water partition coefficient (Wildman–Crippen LogP) is 3.10. The Kier molecular flexibility index (Phi) is 6.98. The van der Waals surface area contributed by atoms with Gasteiger partial charge >= 0.3 is 0 Å². The van der Waals surface area contributed by atoms with Crippen molar-refractivity contribution < 1.29 is 0 Å². The second kappa shape index (κ2) is 7.59. The van der Waals surface area contributed by atoms with Gasteiger partial charge in [0.25, 0.3) is 0 Å². The normalized spacial score (nSPS) is 8.62. The lowest BCUT2D eigenvalue weighted by molar-refractivity contribution is 0.919. The molecular weight excluding hydrogens is 160 g/mol. The Bertz CT molecular complexity index is 221. The molecule has 13 heavy (non-hydrogen) atoms. The topological polar surface area (TPSA) is 24.9 Å². The van der Waals surface area contributed by atoms with Crippen LogP contribution >= 0.6 is 0 Å². The molecule has 1 aromatic heterocycles. The van der Waals surface area contributed by atoms with E-state index < -0.39 is 0 Å². The van der Waals surface area contributed by atoms with Crippen molar-refractivity contribution in [2.45, 2.75) is 33.6 Å². The first kappa shape index (κ1) is 11.9. The van der Waals surface area contributed by atoms with Gasteiger partial charge < -0.3 is 5.32 Å². The molecule has 1 aromatic rings. The van der Waals surface area contributed by atoms with Gasteiger partial charge in [-0.25, -0.2) is 0 Å². The maximum atomic E-state index is 4.04. The predicted molar refractivity (Wildman–Crippen MR) is 59.1 cm³/mol. The molecule has 0 aliphatic rings. The molecule has 0 saturated carbocycles. The van der Waals surface area contributed by atoms with E-state index in [0.29, 0.717) is 0 Å². The van der Waals surface area contributed by atoms with Crippen LogP contribution < -0.4 is 5.32 Å². The molecule has 0 amide bonds. The van der Waals surface area contributed by atoms with Crippen molar-refractivity contribution in [1.82, 2.24) is 4.98 Å². The second-order valence-electron chi connectivity index (χ2n) is 2.53. The zero-order valence-corrected chi connectivity index (χ0v) is 9.09. The minimum Gasteiger partial charge on any atom is -0.387 e. The first-order valence-corrected chi connectivity index (χ1v) is 4.99. The molecule has 0 saturated heterocycles. The van der Waals surface area contributed by atoms with Crippen molar-refractivity contribution in [2.75, 3.05) is 12.4 Å². The molecule has 0 atom stereocenters. The molecule has 74 valence electrons. The van der Waals surface area contributed by atoms with Gasteiger partial charge in [-0.05, 0) is 18.1 Å². The van der Waals surface area contributed by atoms with Gasteiger partial charge in [0, 0.05) is 13.2 Å². The number of aromatic nitrogens is 1. The van der Waals surface area contributed by atoms with Gasteiger partial charge in [0.1, 0.15) is 0 Å². The van der Waals surface area contributed by atoms with Gasteiger partial charge in [0.15, 0.2) is 0 Å². The summed E-state index contributed by atoms with van der Waals surface area (Å²) in [4.78, 5) is 4.04. The summed E-state index contributed by atoms with van der Waals surface area (Å²) in [6, 6.07) is 2.06. The first-order valence-electron chi connectivity index (χ1n) is 4.99. The summed E-state index contributed by atoms with van der Waals surface area (Å²) in [5, 5.41) is 3.12. The van der Waals surface area contributed by atoms with E-state index in [1.807, 2.05) is 33.3 Å². The van der Waals surface area contributed by atoms with Crippen LogP contribution in [-0.4, -0.2) is 12.0 Å². The molecule has 1 heterocycles. The maximum absolute atomic E-state index is 4.04. The van der Waals surface area contributed by atoms with Crippen molar-refractivity contribution in [2.24, 2.45) is 0 Å². The van der Waals surface area contributed by atoms with Crippen LogP contribution in [0.2, 0.25) is 0 Å². The molecule has 0 unspecified atom stereocenters. The molecule has 0 radical (unpaired) electrons. The third-order valence-corrected chi connectivity index (χ3v) is 1.70. The van der Waals surface area contributed by atoms with Crippen LogP contribution in [0.3, 0.4) is 0 Å². The third-order valence-electron chi connectivity index (χ3n) is 1.70. The van der Waals surface area contributed by atoms with Gasteiger partial charge in [0.2, 0.25) is 0 Å². The molecular formula is C11H20N2. The van der Waals surface area contributed by atoms with Crippen molar-refractivity contribution in [3.63, 3.8) is 0 Å². The van der Waals surface area contributed by atoms with Crippen LogP contribution in [0.1, 0.15) is 32.8 Å². The van der Waals surface area contributed by atoms with Crippen molar-refractivity contribution in [3.8, 4) is 0 Å². The lowest BCUT2D eigenvalue weighted by atomic mass is 10.1. The fourth-order valence-corrected chi connectivity index (χ4v) is 1.14. The van der Waals surface area contributed by atoms with Gasteiger partial charge in [-0.1, -0.05) is 27.2 Å². The summed E-state index contributed by atoms with van der Waals surface area (Å²) in [6.45, 7) is 6.18. The Morgan fingerprint density at radius 2 is 2.08 bits per heavy atom. The summed E-state index contributed by atoms with van der Waals surface area (Å²) in [5.41, 5.74) is 2.50. The number of hydrogen-bond acceptors (Lipinski definition) is 2. The number of rotatable bonds is 3. The molecule has 1 N–H and O–H groups in total. The molecule has 0 spiro atoms. The Labute approximate surface area is 81.4 Å². The fourth-order valence-electron chi connectivity index (χ4n) is 1.14. The average molecular weight is 180 g/mol. The molecule has 0 aliphatic heterocycles. The van der Waals surface area contributed by atoms with Crippen LogP contribution in [0.25, 0.3) is 0 Å². The molecule has 0 fully saturated rings. The molecule has 1 rings (SSSR count). The Morgan fingerprint density at radius 3 is 2.62 bits per heavy atom. The highest BCUT2D eigenvalue weighted by molar-refractivity contribution is 5.48. The van der Waals surface area contributed by atoms with Gasteiger partial charge in [0.05, 0.1) is 11.9 Å². The van der Waals surface area contributed by atoms with Gasteiger partial charge in [-0.3, -0.25) is 4.98 Å². The highest BCUT2D eigenvalue weighted by atomic mass is 14.8. The maximum Gasteiger partial charge on any atom is 0.0556 e. The van der Waals surface area contributed by atoms with Crippen LogP contribution in [-0.2, 0) is 6.42 Å². The summed E-state index contributed by atoms with van der Waals surface area (Å²) in [6.07, 6.45) is 6.01. The van der Waals surface area contributed by atoms with E-state index in [2.05, 4.69) is 23.3 Å². The standard InChI is InChI=1S/C9H14N2.C2H6/c1-3-4-8-5-6-11-7-9(8)10-2;1-2/h5-7,10H,3-4H2,1-2H3;1-2H3. The van der Waals surface area contributed by atoms with Crippen LogP contribution in [0.5, 0.6) is 0 Å². The SMILES string of the molecule is CC.CCCc1ccncc1NC. The highest BCUT2D eigenvalue weighted by Gasteiger charge is 1.96. The molecule has 2 nitrogen and oxygen atoms in total. The van der Waals surface area contributed by atoms with E-state index in [0.717, 1.165) is 12.1 Å². The van der Waals surface area contributed by atoms with Crippen molar-refractivity contribution in [1.29, 1.82) is 0 Å². The van der Waals surface area contributed by atoms with Crippen LogP contribution in [0.15, 0.2) is 18.5 Å². The van der Waals surface area contributed by atoms with E-state index >= 15 is 0 Å². The summed E-state index contributed by atoms with van der Waals surface area (Å²) < 4.78 is 0. The number of hydrogen-bond donors (Lipinski definition) is 1. The number of nitrogens with one attached hydrogen (secondary N) is 1. The number of nitrogens with zero attached hydrogens (tertiary/aromatic N) is 1. The Hall–Kier alpha value is -1.05. The smallest absolute Gasteiger partial charge is 0.0556 e. The lowest BCUT2D eigenvalue weighted by Gasteiger charge is -2.05. The van der Waals surface area contributed by atoms with Crippen LogP contribution in [0, 0.1) is 0 Å². The van der Waals surface area contributed by atoms with E-state index in [4.69, 9.17) is 0 Å². The van der Waals surface area contributed by atoms with E-state index in [1.54, 1.807) is 0 Å². The minimum atomic E-state index is 1.12. The molecule has 0 aromatic carbocycles. The van der Waals surface area contributed by atoms with E-state index in [1.165, 1.54) is 12.0 Å². The van der Waals surface area contributed by atoms with E-state index in [-0.39, 0.29) is 0 Å². The van der Waals surface area contributed by atoms with Gasteiger partial charge in [-0.2, -0.15) is 0 Å². The van der Waals surface area contributed by atoms with Gasteiger partial charge in [-0.15, -0.1) is 0 Å². The molecule has 0 bridgehead atoms. The number of anilines is 1. The third kappa shape index (κ3) is 3.92. The Morgan fingerprint density at radius 1 is 1.38 bits per heavy atom. The molecule has 0 aliphatic carbocycles. The summed E-state index contributed by atoms with van der Waals surface area (Å²) >= 11 is 0. The minimum absolute atomic E-state index is 1.12. The largest absolute Gasteiger partial charge is 0.387 e. The monoisotopic (exact) mass is 180 g/mol. The summed E-state index contributed by atoms with van der Waals surface area (Å²) in [5.74, 6) is 0.